The van der Waals surface area contributed by atoms with E-state index in [1.165, 1.54) is 23.2 Å². The molecule has 2 heterocycles. The summed E-state index contributed by atoms with van der Waals surface area (Å²) in [5, 5.41) is 19.3. The van der Waals surface area contributed by atoms with Gasteiger partial charge in [0.1, 0.15) is 4.60 Å². The van der Waals surface area contributed by atoms with Crippen molar-refractivity contribution in [3.8, 4) is 6.07 Å². The van der Waals surface area contributed by atoms with Crippen LogP contribution in [0.15, 0.2) is 41.1 Å². The van der Waals surface area contributed by atoms with Crippen molar-refractivity contribution in [1.82, 2.24) is 20.5 Å². The monoisotopic (exact) mass is 512 g/mol. The molecule has 4 rings (SSSR count). The first-order valence-corrected chi connectivity index (χ1v) is 11.0. The molecule has 32 heavy (non-hydrogen) atoms. The van der Waals surface area contributed by atoms with Gasteiger partial charge in [0.05, 0.1) is 27.9 Å². The maximum Gasteiger partial charge on any atom is 0.284 e. The Balaban J connectivity index is 1.89. The van der Waals surface area contributed by atoms with E-state index in [2.05, 4.69) is 42.5 Å². The molecule has 3 aromatic rings. The molecule has 0 unspecified atom stereocenters. The molecule has 1 aliphatic carbocycles. The summed E-state index contributed by atoms with van der Waals surface area (Å²) in [5.74, 6) is -0.286. The number of aryl methyl sites for hydroxylation is 1. The summed E-state index contributed by atoms with van der Waals surface area (Å²) in [6.45, 7) is 2.27. The number of carbonyl (C=O) groups is 2. The van der Waals surface area contributed by atoms with Gasteiger partial charge in [0.15, 0.2) is 11.5 Å². The van der Waals surface area contributed by atoms with Gasteiger partial charge in [-0.15, -0.1) is 0 Å². The number of amides is 2. The van der Waals surface area contributed by atoms with Gasteiger partial charge in [-0.05, 0) is 71.4 Å². The SMILES string of the molecule is Cc1cc(C#N)cc(C(=O)NCC2CC2)c1N(C(=O)c1cc(Br)[nH]n1)c1ncccc1Cl. The second kappa shape index (κ2) is 9.10. The summed E-state index contributed by atoms with van der Waals surface area (Å²) in [7, 11) is 0. The summed E-state index contributed by atoms with van der Waals surface area (Å²) < 4.78 is 0.520. The quantitative estimate of drug-likeness (QED) is 0.503. The van der Waals surface area contributed by atoms with Gasteiger partial charge in [-0.1, -0.05) is 11.6 Å². The van der Waals surface area contributed by atoms with Crippen LogP contribution in [0.5, 0.6) is 0 Å². The molecular weight excluding hydrogens is 496 g/mol. The molecule has 0 atom stereocenters. The number of aromatic nitrogens is 3. The third kappa shape index (κ3) is 4.52. The second-order valence-electron chi connectivity index (χ2n) is 7.51. The van der Waals surface area contributed by atoms with E-state index in [1.54, 1.807) is 25.1 Å². The van der Waals surface area contributed by atoms with Crippen LogP contribution in [0, 0.1) is 24.2 Å². The predicted molar refractivity (Wildman–Crippen MR) is 123 cm³/mol. The van der Waals surface area contributed by atoms with Gasteiger partial charge in [0, 0.05) is 18.8 Å². The zero-order chi connectivity index (χ0) is 22.8. The average Bonchev–Trinajstić information content (AvgIpc) is 3.52. The van der Waals surface area contributed by atoms with Crippen LogP contribution in [0.3, 0.4) is 0 Å². The Morgan fingerprint density at radius 1 is 1.38 bits per heavy atom. The molecule has 162 valence electrons. The lowest BCUT2D eigenvalue weighted by atomic mass is 10.0. The number of pyridine rings is 1. The van der Waals surface area contributed by atoms with Gasteiger partial charge < -0.3 is 5.32 Å². The van der Waals surface area contributed by atoms with Crippen LogP contribution in [0.2, 0.25) is 5.02 Å². The van der Waals surface area contributed by atoms with Crippen molar-refractivity contribution < 1.29 is 9.59 Å². The van der Waals surface area contributed by atoms with Crippen LogP contribution >= 0.6 is 27.5 Å². The third-order valence-corrected chi connectivity index (χ3v) is 5.77. The van der Waals surface area contributed by atoms with E-state index in [1.807, 2.05) is 0 Å². The van der Waals surface area contributed by atoms with Crippen molar-refractivity contribution in [1.29, 1.82) is 5.26 Å². The first kappa shape index (κ1) is 22.0. The van der Waals surface area contributed by atoms with E-state index in [0.717, 1.165) is 12.8 Å². The number of nitrogens with zero attached hydrogens (tertiary/aromatic N) is 4. The molecule has 8 nitrogen and oxygen atoms in total. The van der Waals surface area contributed by atoms with E-state index in [-0.39, 0.29) is 28.0 Å². The minimum Gasteiger partial charge on any atom is -0.352 e. The summed E-state index contributed by atoms with van der Waals surface area (Å²) in [6.07, 6.45) is 3.66. The van der Waals surface area contributed by atoms with Crippen molar-refractivity contribution in [3.63, 3.8) is 0 Å². The molecule has 0 spiro atoms. The molecule has 2 amide bonds. The number of benzene rings is 1. The fourth-order valence-corrected chi connectivity index (χ4v) is 3.85. The number of aromatic amines is 1. The Kier molecular flexibility index (Phi) is 6.26. The maximum absolute atomic E-state index is 13.6. The Morgan fingerprint density at radius 3 is 2.78 bits per heavy atom. The summed E-state index contributed by atoms with van der Waals surface area (Å²) in [5.41, 5.74) is 1.44. The van der Waals surface area contributed by atoms with Gasteiger partial charge in [-0.25, -0.2) is 4.98 Å². The van der Waals surface area contributed by atoms with Gasteiger partial charge in [0.25, 0.3) is 11.8 Å². The lowest BCUT2D eigenvalue weighted by Gasteiger charge is -2.26. The van der Waals surface area contributed by atoms with Gasteiger partial charge >= 0.3 is 0 Å². The normalized spacial score (nSPS) is 12.8. The Hall–Kier alpha value is -3.22. The third-order valence-electron chi connectivity index (χ3n) is 5.07. The van der Waals surface area contributed by atoms with Crippen LogP contribution in [0.4, 0.5) is 11.5 Å². The smallest absolute Gasteiger partial charge is 0.284 e. The zero-order valence-electron chi connectivity index (χ0n) is 17.0. The van der Waals surface area contributed by atoms with Gasteiger partial charge in [-0.3, -0.25) is 19.6 Å². The summed E-state index contributed by atoms with van der Waals surface area (Å²) in [4.78, 5) is 32.3. The predicted octanol–water partition coefficient (Wildman–Crippen LogP) is 4.52. The molecule has 2 N–H and O–H groups in total. The van der Waals surface area contributed by atoms with E-state index in [0.29, 0.717) is 33.9 Å². The van der Waals surface area contributed by atoms with E-state index >= 15 is 0 Å². The number of hydrogen-bond acceptors (Lipinski definition) is 5. The second-order valence-corrected chi connectivity index (χ2v) is 8.77. The molecule has 0 bridgehead atoms. The Labute approximate surface area is 197 Å². The van der Waals surface area contributed by atoms with Crippen molar-refractivity contribution in [2.45, 2.75) is 19.8 Å². The molecule has 1 fully saturated rings. The molecule has 0 radical (unpaired) electrons. The lowest BCUT2D eigenvalue weighted by Crippen LogP contribution is -2.33. The number of hydrogen-bond donors (Lipinski definition) is 2. The van der Waals surface area contributed by atoms with Crippen LogP contribution in [0.1, 0.15) is 44.8 Å². The minimum absolute atomic E-state index is 0.103. The first-order chi connectivity index (χ1) is 15.4. The standard InChI is InChI=1S/C22H18BrClN6O2/c1-12-7-14(10-25)8-15(21(31)27-11-13-4-5-13)19(12)30(20-16(24)3-2-6-26-20)22(32)17-9-18(23)29-28-17/h2-3,6-9,13H,4-5,11H2,1H3,(H,27,31)(H,28,29). The number of nitrogens with one attached hydrogen (secondary N) is 2. The zero-order valence-corrected chi connectivity index (χ0v) is 19.4. The van der Waals surface area contributed by atoms with Crippen LogP contribution in [0.25, 0.3) is 0 Å². The summed E-state index contributed by atoms with van der Waals surface area (Å²) in [6, 6.07) is 9.94. The first-order valence-electron chi connectivity index (χ1n) is 9.88. The Bertz CT molecular complexity index is 1250. The van der Waals surface area contributed by atoms with Crippen LogP contribution in [-0.2, 0) is 0 Å². The highest BCUT2D eigenvalue weighted by Gasteiger charge is 2.31. The molecule has 2 aromatic heterocycles. The highest BCUT2D eigenvalue weighted by molar-refractivity contribution is 9.10. The van der Waals surface area contributed by atoms with E-state index in [9.17, 15) is 14.9 Å². The molecule has 0 saturated heterocycles. The molecule has 1 aromatic carbocycles. The highest BCUT2D eigenvalue weighted by atomic mass is 79.9. The fraction of sp³-hybridized carbons (Fsp3) is 0.227. The fourth-order valence-electron chi connectivity index (χ4n) is 3.34. The number of anilines is 2. The van der Waals surface area contributed by atoms with Gasteiger partial charge in [0.2, 0.25) is 0 Å². The molecule has 10 heteroatoms. The number of H-pyrrole nitrogens is 1. The molecular formula is C22H18BrClN6O2. The van der Waals surface area contributed by atoms with Crippen LogP contribution < -0.4 is 10.2 Å². The van der Waals surface area contributed by atoms with Crippen molar-refractivity contribution in [3.05, 3.63) is 68.5 Å². The highest BCUT2D eigenvalue weighted by Crippen LogP contribution is 2.37. The van der Waals surface area contributed by atoms with Gasteiger partial charge in [-0.2, -0.15) is 10.4 Å². The minimum atomic E-state index is -0.531. The number of rotatable bonds is 6. The van der Waals surface area contributed by atoms with Crippen LogP contribution in [-0.4, -0.2) is 33.5 Å². The number of nitriles is 1. The topological polar surface area (TPSA) is 115 Å². The lowest BCUT2D eigenvalue weighted by molar-refractivity contribution is 0.0952. The molecule has 0 aliphatic heterocycles. The van der Waals surface area contributed by atoms with E-state index in [4.69, 9.17) is 11.6 Å². The maximum atomic E-state index is 13.6. The summed E-state index contributed by atoms with van der Waals surface area (Å²) >= 11 is 9.67. The van der Waals surface area contributed by atoms with Crippen molar-refractivity contribution >= 4 is 50.9 Å². The average molecular weight is 514 g/mol. The van der Waals surface area contributed by atoms with Crippen molar-refractivity contribution in [2.24, 2.45) is 5.92 Å². The largest absolute Gasteiger partial charge is 0.352 e. The number of halogens is 2. The molecule has 1 saturated carbocycles. The molecule has 1 aliphatic rings. The number of carbonyl (C=O) groups excluding carboxylic acids is 2. The van der Waals surface area contributed by atoms with Crippen molar-refractivity contribution in [2.75, 3.05) is 11.4 Å². The van der Waals surface area contributed by atoms with E-state index < -0.39 is 5.91 Å². The Morgan fingerprint density at radius 2 is 2.16 bits per heavy atom.